The first-order valence-electron chi connectivity index (χ1n) is 4.75. The van der Waals surface area contributed by atoms with Crippen molar-refractivity contribution in [1.82, 2.24) is 0 Å². The van der Waals surface area contributed by atoms with Gasteiger partial charge in [0.05, 0.1) is 6.61 Å². The Kier molecular flexibility index (Phi) is 4.59. The monoisotopic (exact) mass is 240 g/mol. The maximum absolute atomic E-state index is 9.44. The van der Waals surface area contributed by atoms with Gasteiger partial charge in [-0.15, -0.1) is 0 Å². The largest absolute Gasteiger partial charge is 0.394 e. The van der Waals surface area contributed by atoms with E-state index in [0.29, 0.717) is 0 Å². The number of hydrogen-bond acceptors (Lipinski definition) is 8. The molecule has 96 valence electrons. The van der Waals surface area contributed by atoms with Crippen molar-refractivity contribution < 1.29 is 40.5 Å². The molecule has 0 aromatic heterocycles. The molecule has 8 heteroatoms. The van der Waals surface area contributed by atoms with E-state index in [1.165, 1.54) is 0 Å². The van der Waals surface area contributed by atoms with E-state index < -0.39 is 49.5 Å². The highest BCUT2D eigenvalue weighted by Crippen LogP contribution is 2.23. The van der Waals surface area contributed by atoms with Crippen LogP contribution in [0.4, 0.5) is 0 Å². The highest BCUT2D eigenvalue weighted by Gasteiger charge is 2.47. The van der Waals surface area contributed by atoms with Crippen LogP contribution in [0.25, 0.3) is 0 Å². The maximum atomic E-state index is 9.44. The van der Waals surface area contributed by atoms with Gasteiger partial charge in [-0.2, -0.15) is 0 Å². The summed E-state index contributed by atoms with van der Waals surface area (Å²) < 4.78 is 4.64. The highest BCUT2D eigenvalue weighted by atomic mass is 16.6. The second kappa shape index (κ2) is 5.34. The summed E-state index contributed by atoms with van der Waals surface area (Å²) in [5.74, 6) is 0. The third kappa shape index (κ3) is 2.50. The Morgan fingerprint density at radius 2 is 1.50 bits per heavy atom. The van der Waals surface area contributed by atoms with Crippen molar-refractivity contribution in [3.8, 4) is 0 Å². The molecule has 1 rings (SSSR count). The zero-order valence-corrected chi connectivity index (χ0v) is 8.29. The minimum atomic E-state index is -1.79. The summed E-state index contributed by atoms with van der Waals surface area (Å²) in [6.45, 7) is -0.775. The van der Waals surface area contributed by atoms with Crippen molar-refractivity contribution in [3.05, 3.63) is 0 Å². The van der Waals surface area contributed by atoms with E-state index in [1.54, 1.807) is 0 Å². The zero-order valence-electron chi connectivity index (χ0n) is 8.29. The second-order valence-electron chi connectivity index (χ2n) is 3.70. The van der Waals surface area contributed by atoms with Gasteiger partial charge in [0.1, 0.15) is 36.6 Å². The van der Waals surface area contributed by atoms with E-state index in [4.69, 9.17) is 20.4 Å². The third-order valence-corrected chi connectivity index (χ3v) is 2.54. The van der Waals surface area contributed by atoms with Gasteiger partial charge in [-0.1, -0.05) is 0 Å². The van der Waals surface area contributed by atoms with Crippen LogP contribution in [0.1, 0.15) is 0 Å². The number of rotatable bonds is 3. The fourth-order valence-electron chi connectivity index (χ4n) is 1.50. The molecule has 7 atom stereocenters. The topological polar surface area (TPSA) is 151 Å². The third-order valence-electron chi connectivity index (χ3n) is 2.54. The van der Waals surface area contributed by atoms with E-state index in [9.17, 15) is 15.3 Å². The van der Waals surface area contributed by atoms with Gasteiger partial charge in [0.25, 0.3) is 0 Å². The fourth-order valence-corrected chi connectivity index (χ4v) is 1.50. The lowest BCUT2D eigenvalue weighted by atomic mass is 9.93. The molecule has 0 aliphatic carbocycles. The molecule has 0 spiro atoms. The molecule has 0 amide bonds. The van der Waals surface area contributed by atoms with Crippen molar-refractivity contribution in [2.45, 2.75) is 42.9 Å². The summed E-state index contributed by atoms with van der Waals surface area (Å²) in [5, 5.41) is 64.1. The van der Waals surface area contributed by atoms with E-state index in [-0.39, 0.29) is 0 Å². The Balaban J connectivity index is 2.73. The summed E-state index contributed by atoms with van der Waals surface area (Å²) in [4.78, 5) is 0. The van der Waals surface area contributed by atoms with E-state index >= 15 is 0 Å². The van der Waals surface area contributed by atoms with Crippen molar-refractivity contribution >= 4 is 0 Å². The molecule has 0 aromatic rings. The van der Waals surface area contributed by atoms with Gasteiger partial charge in [-0.3, -0.25) is 0 Å². The van der Waals surface area contributed by atoms with Gasteiger partial charge in [0, 0.05) is 0 Å². The molecule has 8 nitrogen and oxygen atoms in total. The molecule has 16 heavy (non-hydrogen) atoms. The number of hydrogen-bond donors (Lipinski definition) is 7. The van der Waals surface area contributed by atoms with Gasteiger partial charge < -0.3 is 40.5 Å². The van der Waals surface area contributed by atoms with Crippen molar-refractivity contribution in [3.63, 3.8) is 0 Å². The Morgan fingerprint density at radius 3 is 2.00 bits per heavy atom. The number of ether oxygens (including phenoxy) is 1. The van der Waals surface area contributed by atoms with Crippen molar-refractivity contribution in [2.75, 3.05) is 6.61 Å². The lowest BCUT2D eigenvalue weighted by molar-refractivity contribution is -0.303. The molecule has 0 aromatic carbocycles. The molecular formula is C8H16O8. The summed E-state index contributed by atoms with van der Waals surface area (Å²) in [6.07, 6.45) is -11.7. The van der Waals surface area contributed by atoms with Crippen molar-refractivity contribution in [2.24, 2.45) is 0 Å². The highest BCUT2D eigenvalue weighted by molar-refractivity contribution is 4.93. The minimum Gasteiger partial charge on any atom is -0.394 e. The van der Waals surface area contributed by atoms with Crippen LogP contribution < -0.4 is 0 Å². The predicted molar refractivity (Wildman–Crippen MR) is 48.0 cm³/mol. The van der Waals surface area contributed by atoms with Crippen LogP contribution in [0.15, 0.2) is 0 Å². The summed E-state index contributed by atoms with van der Waals surface area (Å²) in [6, 6.07) is 0. The van der Waals surface area contributed by atoms with Gasteiger partial charge in [0.15, 0.2) is 6.29 Å². The molecule has 1 aliphatic rings. The predicted octanol–water partition coefficient (Wildman–Crippen LogP) is -4.50. The first kappa shape index (κ1) is 13.7. The van der Waals surface area contributed by atoms with Crippen LogP contribution in [-0.4, -0.2) is 85.3 Å². The molecule has 0 bridgehead atoms. The van der Waals surface area contributed by atoms with Crippen LogP contribution in [0.5, 0.6) is 0 Å². The SMILES string of the molecule is OC[C@H](O)[C@H](O)[C@H]1O[C@@H](O)[C@@H](O)[C@@H](O)[C@H]1O. The van der Waals surface area contributed by atoms with Gasteiger partial charge in [-0.25, -0.2) is 0 Å². The van der Waals surface area contributed by atoms with Crippen LogP contribution in [0.2, 0.25) is 0 Å². The molecule has 1 fully saturated rings. The Hall–Kier alpha value is -0.320. The molecule has 0 radical (unpaired) electrons. The molecule has 1 aliphatic heterocycles. The Morgan fingerprint density at radius 1 is 0.938 bits per heavy atom. The molecular weight excluding hydrogens is 224 g/mol. The molecule has 0 saturated carbocycles. The average molecular weight is 240 g/mol. The van der Waals surface area contributed by atoms with Gasteiger partial charge in [0.2, 0.25) is 0 Å². The van der Waals surface area contributed by atoms with Crippen LogP contribution in [-0.2, 0) is 4.74 Å². The smallest absolute Gasteiger partial charge is 0.184 e. The van der Waals surface area contributed by atoms with Crippen molar-refractivity contribution in [1.29, 1.82) is 0 Å². The standard InChI is InChI=1S/C8H16O8/c9-1-2(10)3(11)7-5(13)4(12)6(14)8(15)16-7/h2-15H,1H2/t2-,3-,4-,5+,6-,7+,8+/m0/s1. The lowest BCUT2D eigenvalue weighted by Crippen LogP contribution is -2.62. The number of aliphatic hydroxyl groups excluding tert-OH is 7. The molecule has 1 saturated heterocycles. The number of aliphatic hydroxyl groups is 7. The van der Waals surface area contributed by atoms with Crippen LogP contribution in [0.3, 0.4) is 0 Å². The Bertz CT molecular complexity index is 220. The maximum Gasteiger partial charge on any atom is 0.184 e. The van der Waals surface area contributed by atoms with E-state index in [1.807, 2.05) is 0 Å². The van der Waals surface area contributed by atoms with E-state index in [0.717, 1.165) is 0 Å². The normalized spacial score (nSPS) is 44.1. The fraction of sp³-hybridized carbons (Fsp3) is 1.00. The van der Waals surface area contributed by atoms with Gasteiger partial charge in [-0.05, 0) is 0 Å². The zero-order chi connectivity index (χ0) is 12.5. The van der Waals surface area contributed by atoms with Crippen LogP contribution >= 0.6 is 0 Å². The second-order valence-corrected chi connectivity index (χ2v) is 3.70. The molecule has 7 N–H and O–H groups in total. The minimum absolute atomic E-state index is 0.775. The summed E-state index contributed by atoms with van der Waals surface area (Å²) in [5.41, 5.74) is 0. The van der Waals surface area contributed by atoms with Crippen LogP contribution in [0, 0.1) is 0 Å². The Labute approximate surface area is 91.0 Å². The summed E-state index contributed by atoms with van der Waals surface area (Å²) >= 11 is 0. The average Bonchev–Trinajstić information content (AvgIpc) is 2.29. The van der Waals surface area contributed by atoms with Gasteiger partial charge >= 0.3 is 0 Å². The summed E-state index contributed by atoms with van der Waals surface area (Å²) in [7, 11) is 0. The first-order chi connectivity index (χ1) is 7.40. The first-order valence-corrected chi connectivity index (χ1v) is 4.75. The quantitative estimate of drug-likeness (QED) is 0.261. The molecule has 0 unspecified atom stereocenters. The molecule has 1 heterocycles. The lowest BCUT2D eigenvalue weighted by Gasteiger charge is -2.40. The van der Waals surface area contributed by atoms with E-state index in [2.05, 4.69) is 4.74 Å².